The largest absolute Gasteiger partial charge is 0.497 e. The highest BCUT2D eigenvalue weighted by Gasteiger charge is 2.18. The van der Waals surface area contributed by atoms with E-state index in [0.29, 0.717) is 11.3 Å². The van der Waals surface area contributed by atoms with Crippen LogP contribution in [0.3, 0.4) is 0 Å². The lowest BCUT2D eigenvalue weighted by molar-refractivity contribution is 0.0696. The highest BCUT2D eigenvalue weighted by atomic mass is 16.5. The quantitative estimate of drug-likeness (QED) is 0.871. The molecule has 6 nitrogen and oxygen atoms in total. The first-order valence-corrected chi connectivity index (χ1v) is 5.51. The number of hydrogen-bond acceptors (Lipinski definition) is 4. The fourth-order valence-electron chi connectivity index (χ4n) is 1.83. The van der Waals surface area contributed by atoms with Crippen molar-refractivity contribution in [1.29, 1.82) is 0 Å². The Morgan fingerprint density at radius 3 is 2.79 bits per heavy atom. The fraction of sp³-hybridized carbons (Fsp3) is 0.154. The van der Waals surface area contributed by atoms with E-state index in [2.05, 4.69) is 9.97 Å². The zero-order chi connectivity index (χ0) is 14.0. The van der Waals surface area contributed by atoms with E-state index in [1.165, 1.54) is 14.0 Å². The van der Waals surface area contributed by atoms with Crippen LogP contribution in [0.1, 0.15) is 16.1 Å². The summed E-state index contributed by atoms with van der Waals surface area (Å²) < 4.78 is 5.08. The standard InChI is InChI=1S/C13H12N2O4/c1-7-10(12(16)17)11(15-13(18)14-7)8-4-3-5-9(6-8)19-2/h3-6H,1-2H3,(H,16,17)(H,14,15,18). The molecule has 2 aromatic rings. The van der Waals surface area contributed by atoms with Crippen molar-refractivity contribution < 1.29 is 14.6 Å². The summed E-state index contributed by atoms with van der Waals surface area (Å²) in [5, 5.41) is 9.23. The highest BCUT2D eigenvalue weighted by molar-refractivity contribution is 5.95. The van der Waals surface area contributed by atoms with Gasteiger partial charge in [0.1, 0.15) is 11.3 Å². The van der Waals surface area contributed by atoms with E-state index < -0.39 is 11.7 Å². The molecule has 1 aromatic carbocycles. The zero-order valence-electron chi connectivity index (χ0n) is 10.4. The molecular formula is C13H12N2O4. The van der Waals surface area contributed by atoms with Gasteiger partial charge in [0.2, 0.25) is 0 Å². The number of carboxylic acids is 1. The van der Waals surface area contributed by atoms with Gasteiger partial charge in [-0.05, 0) is 19.1 Å². The number of carbonyl (C=O) groups is 1. The molecule has 1 aromatic heterocycles. The van der Waals surface area contributed by atoms with Gasteiger partial charge in [0.15, 0.2) is 0 Å². The number of aromatic amines is 1. The molecule has 0 amide bonds. The Balaban J connectivity index is 2.73. The topological polar surface area (TPSA) is 92.3 Å². The molecule has 6 heteroatoms. The maximum absolute atomic E-state index is 11.4. The number of hydrogen-bond donors (Lipinski definition) is 2. The minimum Gasteiger partial charge on any atom is -0.497 e. The monoisotopic (exact) mass is 260 g/mol. The minimum atomic E-state index is -1.14. The van der Waals surface area contributed by atoms with Crippen LogP contribution in [-0.2, 0) is 0 Å². The maximum Gasteiger partial charge on any atom is 0.345 e. The predicted molar refractivity (Wildman–Crippen MR) is 68.5 cm³/mol. The lowest BCUT2D eigenvalue weighted by Crippen LogP contribution is -2.18. The number of nitrogens with one attached hydrogen (secondary N) is 1. The number of ether oxygens (including phenoxy) is 1. The summed E-state index contributed by atoms with van der Waals surface area (Å²) in [4.78, 5) is 28.8. The van der Waals surface area contributed by atoms with Gasteiger partial charge in [0, 0.05) is 11.3 Å². The number of aromatic nitrogens is 2. The second kappa shape index (κ2) is 4.93. The van der Waals surface area contributed by atoms with Crippen molar-refractivity contribution in [1.82, 2.24) is 9.97 Å². The van der Waals surface area contributed by atoms with Crippen molar-refractivity contribution in [2.75, 3.05) is 7.11 Å². The average Bonchev–Trinajstić information content (AvgIpc) is 2.37. The molecule has 0 spiro atoms. The van der Waals surface area contributed by atoms with Gasteiger partial charge in [0.25, 0.3) is 0 Å². The van der Waals surface area contributed by atoms with Crippen molar-refractivity contribution in [3.05, 3.63) is 46.0 Å². The van der Waals surface area contributed by atoms with Crippen LogP contribution in [0, 0.1) is 6.92 Å². The molecule has 0 saturated heterocycles. The molecule has 0 saturated carbocycles. The fourth-order valence-corrected chi connectivity index (χ4v) is 1.83. The van der Waals surface area contributed by atoms with E-state index in [0.717, 1.165) is 0 Å². The summed E-state index contributed by atoms with van der Waals surface area (Å²) in [5.41, 5.74) is 0.317. The average molecular weight is 260 g/mol. The van der Waals surface area contributed by atoms with Crippen molar-refractivity contribution in [2.24, 2.45) is 0 Å². The molecule has 0 aliphatic heterocycles. The third-order valence-corrected chi connectivity index (χ3v) is 2.68. The molecule has 0 atom stereocenters. The second-order valence-corrected chi connectivity index (χ2v) is 3.93. The summed E-state index contributed by atoms with van der Waals surface area (Å²) in [6, 6.07) is 6.74. The van der Waals surface area contributed by atoms with E-state index in [4.69, 9.17) is 4.74 Å². The van der Waals surface area contributed by atoms with Crippen molar-refractivity contribution in [3.8, 4) is 17.0 Å². The molecular weight excluding hydrogens is 248 g/mol. The van der Waals surface area contributed by atoms with Crippen LogP contribution in [0.15, 0.2) is 29.1 Å². The van der Waals surface area contributed by atoms with Gasteiger partial charge >= 0.3 is 11.7 Å². The van der Waals surface area contributed by atoms with Crippen molar-refractivity contribution >= 4 is 5.97 Å². The number of rotatable bonds is 3. The maximum atomic E-state index is 11.4. The number of H-pyrrole nitrogens is 1. The molecule has 19 heavy (non-hydrogen) atoms. The lowest BCUT2D eigenvalue weighted by Gasteiger charge is -2.08. The minimum absolute atomic E-state index is 0.0205. The molecule has 0 unspecified atom stereocenters. The summed E-state index contributed by atoms with van der Waals surface area (Å²) >= 11 is 0. The van der Waals surface area contributed by atoms with Gasteiger partial charge in [-0.15, -0.1) is 0 Å². The Labute approximate surface area is 108 Å². The van der Waals surface area contributed by atoms with Gasteiger partial charge in [-0.25, -0.2) is 9.59 Å². The number of benzene rings is 1. The number of aryl methyl sites for hydroxylation is 1. The normalized spacial score (nSPS) is 10.2. The van der Waals surface area contributed by atoms with E-state index in [1.54, 1.807) is 24.3 Å². The number of nitrogens with zero attached hydrogens (tertiary/aromatic N) is 1. The third-order valence-electron chi connectivity index (χ3n) is 2.68. The SMILES string of the molecule is COc1cccc(-c2nc(=O)[nH]c(C)c2C(=O)O)c1. The molecule has 0 aliphatic carbocycles. The Kier molecular flexibility index (Phi) is 3.33. The molecule has 2 rings (SSSR count). The van der Waals surface area contributed by atoms with E-state index in [9.17, 15) is 14.7 Å². The smallest absolute Gasteiger partial charge is 0.345 e. The predicted octanol–water partition coefficient (Wildman–Crippen LogP) is 1.45. The van der Waals surface area contributed by atoms with Crippen LogP contribution in [-0.4, -0.2) is 28.2 Å². The van der Waals surface area contributed by atoms with E-state index in [-0.39, 0.29) is 17.0 Å². The van der Waals surface area contributed by atoms with Gasteiger partial charge in [-0.2, -0.15) is 4.98 Å². The van der Waals surface area contributed by atoms with Gasteiger partial charge < -0.3 is 14.8 Å². The molecule has 2 N–H and O–H groups in total. The molecule has 1 heterocycles. The third kappa shape index (κ3) is 2.47. The Bertz CT molecular complexity index is 691. The first kappa shape index (κ1) is 12.8. The summed E-state index contributed by atoms with van der Waals surface area (Å²) in [5.74, 6) is -0.576. The number of carboxylic acid groups (broad SMARTS) is 1. The van der Waals surface area contributed by atoms with Crippen LogP contribution < -0.4 is 10.4 Å². The Hall–Kier alpha value is -2.63. The molecule has 0 fully saturated rings. The molecule has 0 bridgehead atoms. The Morgan fingerprint density at radius 1 is 1.42 bits per heavy atom. The van der Waals surface area contributed by atoms with Gasteiger partial charge in [0.05, 0.1) is 12.8 Å². The number of methoxy groups -OCH3 is 1. The van der Waals surface area contributed by atoms with Crippen LogP contribution in [0.2, 0.25) is 0 Å². The molecule has 0 aliphatic rings. The van der Waals surface area contributed by atoms with Crippen LogP contribution in [0.25, 0.3) is 11.3 Å². The molecule has 0 radical (unpaired) electrons. The van der Waals surface area contributed by atoms with Gasteiger partial charge in [-0.1, -0.05) is 12.1 Å². The van der Waals surface area contributed by atoms with E-state index >= 15 is 0 Å². The van der Waals surface area contributed by atoms with Gasteiger partial charge in [-0.3, -0.25) is 0 Å². The first-order valence-electron chi connectivity index (χ1n) is 5.51. The summed E-state index contributed by atoms with van der Waals surface area (Å²) in [7, 11) is 1.51. The van der Waals surface area contributed by atoms with E-state index in [1.807, 2.05) is 0 Å². The van der Waals surface area contributed by atoms with Crippen molar-refractivity contribution in [3.63, 3.8) is 0 Å². The molecule has 98 valence electrons. The van der Waals surface area contributed by atoms with Crippen LogP contribution in [0.4, 0.5) is 0 Å². The van der Waals surface area contributed by atoms with Crippen LogP contribution >= 0.6 is 0 Å². The Morgan fingerprint density at radius 2 is 2.16 bits per heavy atom. The first-order chi connectivity index (χ1) is 9.02. The summed E-state index contributed by atoms with van der Waals surface area (Å²) in [6.45, 7) is 1.52. The van der Waals surface area contributed by atoms with Crippen molar-refractivity contribution in [2.45, 2.75) is 6.92 Å². The van der Waals surface area contributed by atoms with Crippen LogP contribution in [0.5, 0.6) is 5.75 Å². The zero-order valence-corrected chi connectivity index (χ0v) is 10.4. The lowest BCUT2D eigenvalue weighted by atomic mass is 10.0. The highest BCUT2D eigenvalue weighted by Crippen LogP contribution is 2.25. The summed E-state index contributed by atoms with van der Waals surface area (Å²) in [6.07, 6.45) is 0. The second-order valence-electron chi connectivity index (χ2n) is 3.93. The number of aromatic carboxylic acids is 1.